The molecule has 0 spiro atoms. The zero-order chi connectivity index (χ0) is 25.2. The van der Waals surface area contributed by atoms with Crippen molar-refractivity contribution in [2.45, 2.75) is 13.3 Å². The SMILES string of the molecule is CCc1nn2c(/C=N/Nc3nc(-c4ccc([N+](=O)[O-])cc4)cs3)c(-c3ccc([N+](=O)[O-])cc3)nc2s1. The molecule has 180 valence electrons. The van der Waals surface area contributed by atoms with E-state index in [-0.39, 0.29) is 11.4 Å². The van der Waals surface area contributed by atoms with Crippen LogP contribution in [-0.2, 0) is 6.42 Å². The van der Waals surface area contributed by atoms with Gasteiger partial charge in [-0.25, -0.2) is 14.5 Å². The Bertz CT molecular complexity index is 1600. The lowest BCUT2D eigenvalue weighted by Gasteiger charge is -2.00. The van der Waals surface area contributed by atoms with Crippen LogP contribution in [0.15, 0.2) is 59.0 Å². The molecule has 0 amide bonds. The van der Waals surface area contributed by atoms with Gasteiger partial charge in [0.15, 0.2) is 0 Å². The predicted molar refractivity (Wildman–Crippen MR) is 138 cm³/mol. The number of nitrogens with one attached hydrogen (secondary N) is 1. The maximum Gasteiger partial charge on any atom is 0.269 e. The van der Waals surface area contributed by atoms with E-state index in [2.05, 4.69) is 25.6 Å². The van der Waals surface area contributed by atoms with Crippen LogP contribution in [0.1, 0.15) is 17.6 Å². The normalized spacial score (nSPS) is 11.4. The number of imidazole rings is 1. The van der Waals surface area contributed by atoms with Gasteiger partial charge in [-0.1, -0.05) is 18.3 Å². The van der Waals surface area contributed by atoms with E-state index in [9.17, 15) is 20.2 Å². The van der Waals surface area contributed by atoms with Gasteiger partial charge >= 0.3 is 0 Å². The standard InChI is InChI=1S/C22H16N8O4S2/c1-2-19-27-28-18(20(25-22(28)36-19)14-5-9-16(10-6-14)30(33)34)11-23-26-21-24-17(12-35-21)13-3-7-15(8-4-13)29(31)32/h3-12H,2H2,1H3,(H,24,26)/b23-11+. The summed E-state index contributed by atoms with van der Waals surface area (Å²) in [5.41, 5.74) is 6.25. The first-order valence-corrected chi connectivity index (χ1v) is 12.2. The number of nitro benzene ring substituents is 2. The second-order valence-electron chi connectivity index (χ2n) is 7.41. The molecule has 3 heterocycles. The highest BCUT2D eigenvalue weighted by molar-refractivity contribution is 7.16. The highest BCUT2D eigenvalue weighted by Gasteiger charge is 2.18. The molecule has 0 unspecified atom stereocenters. The molecule has 1 N–H and O–H groups in total. The van der Waals surface area contributed by atoms with Crippen LogP contribution in [0.25, 0.3) is 27.5 Å². The van der Waals surface area contributed by atoms with Crippen molar-refractivity contribution in [3.63, 3.8) is 0 Å². The molecule has 0 saturated heterocycles. The fraction of sp³-hybridized carbons (Fsp3) is 0.0909. The monoisotopic (exact) mass is 520 g/mol. The summed E-state index contributed by atoms with van der Waals surface area (Å²) >= 11 is 2.81. The second kappa shape index (κ2) is 9.59. The first-order chi connectivity index (χ1) is 17.4. The van der Waals surface area contributed by atoms with Gasteiger partial charge in [0.2, 0.25) is 10.1 Å². The third kappa shape index (κ3) is 4.54. The van der Waals surface area contributed by atoms with Gasteiger partial charge in [-0.2, -0.15) is 10.2 Å². The van der Waals surface area contributed by atoms with Gasteiger partial charge in [-0.15, -0.1) is 11.3 Å². The topological polar surface area (TPSA) is 154 Å². The first kappa shape index (κ1) is 23.2. The molecule has 0 aliphatic heterocycles. The fourth-order valence-corrected chi connectivity index (χ4v) is 4.88. The van der Waals surface area contributed by atoms with Gasteiger partial charge in [-0.3, -0.25) is 25.7 Å². The Labute approximate surface area is 210 Å². The minimum Gasteiger partial charge on any atom is -0.258 e. The van der Waals surface area contributed by atoms with Crippen LogP contribution in [0.4, 0.5) is 16.5 Å². The van der Waals surface area contributed by atoms with Crippen LogP contribution < -0.4 is 5.43 Å². The quantitative estimate of drug-likeness (QED) is 0.162. The third-order valence-electron chi connectivity index (χ3n) is 5.16. The molecule has 0 atom stereocenters. The van der Waals surface area contributed by atoms with E-state index in [1.54, 1.807) is 35.0 Å². The van der Waals surface area contributed by atoms with Crippen LogP contribution in [0.2, 0.25) is 0 Å². The Balaban J connectivity index is 1.41. The summed E-state index contributed by atoms with van der Waals surface area (Å²) in [7, 11) is 0. The number of aromatic nitrogens is 4. The van der Waals surface area contributed by atoms with E-state index in [1.807, 2.05) is 12.3 Å². The summed E-state index contributed by atoms with van der Waals surface area (Å²) < 4.78 is 1.70. The van der Waals surface area contributed by atoms with Crippen molar-refractivity contribution in [1.82, 2.24) is 19.6 Å². The van der Waals surface area contributed by atoms with Crippen molar-refractivity contribution in [3.8, 4) is 22.5 Å². The average molecular weight is 521 g/mol. The molecule has 0 bridgehead atoms. The van der Waals surface area contributed by atoms with Crippen molar-refractivity contribution in [3.05, 3.63) is 84.8 Å². The highest BCUT2D eigenvalue weighted by atomic mass is 32.1. The molecule has 5 rings (SSSR count). The smallest absolute Gasteiger partial charge is 0.258 e. The van der Waals surface area contributed by atoms with E-state index in [0.717, 1.165) is 17.0 Å². The summed E-state index contributed by atoms with van der Waals surface area (Å²) in [6, 6.07) is 12.3. The molecule has 5 aromatic rings. The molecule has 36 heavy (non-hydrogen) atoms. The Morgan fingerprint density at radius 2 is 1.64 bits per heavy atom. The number of hydrazone groups is 1. The van der Waals surface area contributed by atoms with Gasteiger partial charge in [0, 0.05) is 40.8 Å². The predicted octanol–water partition coefficient (Wildman–Crippen LogP) is 5.41. The molecule has 0 radical (unpaired) electrons. The number of benzene rings is 2. The number of hydrogen-bond donors (Lipinski definition) is 1. The van der Waals surface area contributed by atoms with E-state index >= 15 is 0 Å². The molecular weight excluding hydrogens is 504 g/mol. The van der Waals surface area contributed by atoms with Crippen LogP contribution in [-0.4, -0.2) is 35.6 Å². The molecule has 0 fully saturated rings. The number of nitro groups is 2. The van der Waals surface area contributed by atoms with Crippen molar-refractivity contribution < 1.29 is 9.85 Å². The van der Waals surface area contributed by atoms with Gasteiger partial charge < -0.3 is 0 Å². The van der Waals surface area contributed by atoms with Crippen molar-refractivity contribution in [1.29, 1.82) is 0 Å². The summed E-state index contributed by atoms with van der Waals surface area (Å²) in [4.78, 5) is 30.8. The number of anilines is 1. The maximum atomic E-state index is 11.0. The van der Waals surface area contributed by atoms with E-state index in [1.165, 1.54) is 46.9 Å². The minimum absolute atomic E-state index is 0.00403. The summed E-state index contributed by atoms with van der Waals surface area (Å²) in [6.07, 6.45) is 2.35. The fourth-order valence-electron chi connectivity index (χ4n) is 3.38. The van der Waals surface area contributed by atoms with Crippen LogP contribution in [0.5, 0.6) is 0 Å². The Hall–Kier alpha value is -4.56. The summed E-state index contributed by atoms with van der Waals surface area (Å²) in [5.74, 6) is 0. The van der Waals surface area contributed by atoms with Crippen LogP contribution >= 0.6 is 22.7 Å². The Kier molecular flexibility index (Phi) is 6.18. The molecular formula is C22H16N8O4S2. The Morgan fingerprint density at radius 1 is 1.00 bits per heavy atom. The first-order valence-electron chi connectivity index (χ1n) is 10.6. The molecule has 0 aliphatic carbocycles. The number of fused-ring (bicyclic) bond motifs is 1. The number of rotatable bonds is 8. The van der Waals surface area contributed by atoms with Gasteiger partial charge in [0.05, 0.1) is 21.8 Å². The lowest BCUT2D eigenvalue weighted by molar-refractivity contribution is -0.385. The van der Waals surface area contributed by atoms with Crippen molar-refractivity contribution >= 4 is 50.4 Å². The minimum atomic E-state index is -0.449. The zero-order valence-corrected chi connectivity index (χ0v) is 20.2. The third-order valence-corrected chi connectivity index (χ3v) is 6.96. The average Bonchev–Trinajstić information content (AvgIpc) is 3.60. The van der Waals surface area contributed by atoms with Gasteiger partial charge in [-0.05, 0) is 30.7 Å². The number of non-ortho nitro benzene ring substituents is 2. The maximum absolute atomic E-state index is 11.0. The highest BCUT2D eigenvalue weighted by Crippen LogP contribution is 2.29. The summed E-state index contributed by atoms with van der Waals surface area (Å²) in [6.45, 7) is 2.01. The Morgan fingerprint density at radius 3 is 2.25 bits per heavy atom. The van der Waals surface area contributed by atoms with E-state index in [0.29, 0.717) is 32.7 Å². The second-order valence-corrected chi connectivity index (χ2v) is 9.30. The van der Waals surface area contributed by atoms with Crippen molar-refractivity contribution in [2.24, 2.45) is 5.10 Å². The van der Waals surface area contributed by atoms with E-state index < -0.39 is 9.85 Å². The number of aryl methyl sites for hydroxylation is 1. The lowest BCUT2D eigenvalue weighted by atomic mass is 10.1. The van der Waals surface area contributed by atoms with E-state index in [4.69, 9.17) is 0 Å². The molecule has 0 aliphatic rings. The summed E-state index contributed by atoms with van der Waals surface area (Å²) in [5, 5.41) is 34.1. The molecule has 14 heteroatoms. The largest absolute Gasteiger partial charge is 0.269 e. The molecule has 0 saturated carbocycles. The van der Waals surface area contributed by atoms with Crippen molar-refractivity contribution in [2.75, 3.05) is 5.43 Å². The lowest BCUT2D eigenvalue weighted by Crippen LogP contribution is -1.98. The van der Waals surface area contributed by atoms with Gasteiger partial charge in [0.1, 0.15) is 16.4 Å². The van der Waals surface area contributed by atoms with Crippen LogP contribution in [0, 0.1) is 20.2 Å². The zero-order valence-electron chi connectivity index (χ0n) is 18.6. The van der Waals surface area contributed by atoms with Gasteiger partial charge in [0.25, 0.3) is 11.4 Å². The number of nitrogens with zero attached hydrogens (tertiary/aromatic N) is 7. The van der Waals surface area contributed by atoms with Crippen LogP contribution in [0.3, 0.4) is 0 Å². The molecule has 2 aromatic carbocycles. The number of hydrogen-bond acceptors (Lipinski definition) is 11. The number of thiazole rings is 1. The molecule has 3 aromatic heterocycles. The molecule has 12 nitrogen and oxygen atoms in total.